The highest BCUT2D eigenvalue weighted by Gasteiger charge is 2.37. The molecule has 1 atom stereocenters. The van der Waals surface area contributed by atoms with Crippen LogP contribution in [0.4, 0.5) is 10.8 Å². The number of benzene rings is 3. The minimum Gasteiger partial charge on any atom is -0.493 e. The highest BCUT2D eigenvalue weighted by molar-refractivity contribution is 7.13. The van der Waals surface area contributed by atoms with Gasteiger partial charge in [0.1, 0.15) is 6.61 Å². The third-order valence-corrected chi connectivity index (χ3v) is 8.58. The van der Waals surface area contributed by atoms with Gasteiger partial charge in [0, 0.05) is 54.0 Å². The van der Waals surface area contributed by atoms with Gasteiger partial charge in [0.25, 0.3) is 5.69 Å². The average molecular weight is 586 g/mol. The van der Waals surface area contributed by atoms with Crippen LogP contribution in [-0.2, 0) is 26.0 Å². The van der Waals surface area contributed by atoms with Crippen molar-refractivity contribution in [1.29, 1.82) is 0 Å². The van der Waals surface area contributed by atoms with Crippen LogP contribution in [0.25, 0.3) is 0 Å². The lowest BCUT2D eigenvalue weighted by molar-refractivity contribution is -0.384. The van der Waals surface area contributed by atoms with Crippen LogP contribution in [0.2, 0.25) is 0 Å². The molecule has 1 aromatic heterocycles. The zero-order valence-electron chi connectivity index (χ0n) is 22.7. The number of anilines is 1. The number of hydrogen-bond acceptors (Lipinski definition) is 11. The van der Waals surface area contributed by atoms with Crippen molar-refractivity contribution < 1.29 is 23.9 Å². The number of non-ortho nitro benzene ring substituents is 1. The highest BCUT2D eigenvalue weighted by Crippen LogP contribution is 2.47. The van der Waals surface area contributed by atoms with E-state index in [1.807, 2.05) is 17.7 Å². The molecule has 42 heavy (non-hydrogen) atoms. The molecule has 12 heteroatoms. The van der Waals surface area contributed by atoms with E-state index in [0.29, 0.717) is 23.2 Å². The molecule has 3 aromatic carbocycles. The summed E-state index contributed by atoms with van der Waals surface area (Å²) >= 11 is 1.47. The first-order valence-corrected chi connectivity index (χ1v) is 14.4. The van der Waals surface area contributed by atoms with Crippen molar-refractivity contribution in [2.45, 2.75) is 32.0 Å². The van der Waals surface area contributed by atoms with Gasteiger partial charge in [0.05, 0.1) is 18.2 Å². The van der Waals surface area contributed by atoms with Gasteiger partial charge in [-0.25, -0.2) is 4.98 Å². The predicted molar refractivity (Wildman–Crippen MR) is 157 cm³/mol. The fraction of sp³-hybridized carbons (Fsp3) is 0.267. The predicted octanol–water partition coefficient (Wildman–Crippen LogP) is 5.47. The van der Waals surface area contributed by atoms with Gasteiger partial charge in [-0.15, -0.1) is 11.3 Å². The summed E-state index contributed by atoms with van der Waals surface area (Å²) < 4.78 is 23.6. The van der Waals surface area contributed by atoms with Gasteiger partial charge in [-0.05, 0) is 65.4 Å². The summed E-state index contributed by atoms with van der Waals surface area (Å²) in [5, 5.41) is 18.2. The first-order valence-electron chi connectivity index (χ1n) is 13.5. The van der Waals surface area contributed by atoms with Crippen LogP contribution in [0.3, 0.4) is 0 Å². The number of rotatable bonds is 8. The van der Waals surface area contributed by atoms with Crippen molar-refractivity contribution in [3.05, 3.63) is 97.5 Å². The zero-order valence-corrected chi connectivity index (χ0v) is 23.6. The maximum atomic E-state index is 11.1. The number of fused-ring (bicyclic) bond motifs is 5. The molecule has 4 aromatic rings. The van der Waals surface area contributed by atoms with E-state index in [2.05, 4.69) is 32.5 Å². The Morgan fingerprint density at radius 1 is 1.21 bits per heavy atom. The topological polar surface area (TPSA) is 121 Å². The summed E-state index contributed by atoms with van der Waals surface area (Å²) in [7, 11) is 1.63. The quantitative estimate of drug-likeness (QED) is 0.163. The molecule has 0 amide bonds. The molecule has 0 bridgehead atoms. The number of nitro groups is 1. The fourth-order valence-electron chi connectivity index (χ4n) is 5.86. The van der Waals surface area contributed by atoms with E-state index in [4.69, 9.17) is 18.9 Å². The number of hydrogen-bond donors (Lipinski definition) is 1. The number of hydrazone groups is 1. The highest BCUT2D eigenvalue weighted by atomic mass is 32.1. The molecule has 0 saturated carbocycles. The van der Waals surface area contributed by atoms with Crippen LogP contribution >= 0.6 is 11.3 Å². The van der Waals surface area contributed by atoms with Crippen LogP contribution in [-0.4, -0.2) is 41.5 Å². The van der Waals surface area contributed by atoms with Crippen molar-refractivity contribution in [3.8, 4) is 23.0 Å². The summed E-state index contributed by atoms with van der Waals surface area (Å²) in [5.41, 5.74) is 9.53. The van der Waals surface area contributed by atoms with Crippen molar-refractivity contribution >= 4 is 28.4 Å². The van der Waals surface area contributed by atoms with E-state index >= 15 is 0 Å². The summed E-state index contributed by atoms with van der Waals surface area (Å²) in [5.74, 6) is 2.88. The Bertz CT molecular complexity index is 1670. The molecule has 0 aliphatic carbocycles. The smallest absolute Gasteiger partial charge is 0.269 e. The van der Waals surface area contributed by atoms with Gasteiger partial charge in [0.15, 0.2) is 23.0 Å². The SMILES string of the molecule is COc1cc(/C=N/Nc2nccs2)c2c(c1OCc1ccc([N+](=O)[O-])cc1)CN1CCc3cc4c(cc3C1C2)OCO4. The molecule has 0 spiro atoms. The standard InChI is InChI=1S/C30H27N5O6S/c1-38-28-11-20(14-32-33-30-31-7-9-42-30)22-12-25-23-13-27-26(40-17-41-27)10-19(23)6-8-34(25)15-24(22)29(28)39-16-18-2-4-21(5-3-18)35(36)37/h2-5,7,9-11,13-14,25H,6,8,12,15-17H2,1H3,(H,31,33)/b32-14+. The Balaban J connectivity index is 1.25. The van der Waals surface area contributed by atoms with Crippen LogP contribution in [0, 0.1) is 10.1 Å². The Labute approximate surface area is 245 Å². The fourth-order valence-corrected chi connectivity index (χ4v) is 6.34. The van der Waals surface area contributed by atoms with Crippen LogP contribution in [0.5, 0.6) is 23.0 Å². The van der Waals surface area contributed by atoms with Gasteiger partial charge in [-0.2, -0.15) is 5.10 Å². The first-order chi connectivity index (χ1) is 20.6. The van der Waals surface area contributed by atoms with Gasteiger partial charge < -0.3 is 18.9 Å². The molecule has 11 nitrogen and oxygen atoms in total. The van der Waals surface area contributed by atoms with Crippen LogP contribution < -0.4 is 24.4 Å². The second-order valence-corrected chi connectivity index (χ2v) is 11.1. The monoisotopic (exact) mass is 585 g/mol. The molecule has 0 radical (unpaired) electrons. The normalized spacial score (nSPS) is 16.9. The largest absolute Gasteiger partial charge is 0.493 e. The minimum absolute atomic E-state index is 0.0442. The second-order valence-electron chi connectivity index (χ2n) is 10.2. The summed E-state index contributed by atoms with van der Waals surface area (Å²) in [4.78, 5) is 17.4. The van der Waals surface area contributed by atoms with Crippen molar-refractivity contribution in [1.82, 2.24) is 9.88 Å². The van der Waals surface area contributed by atoms with E-state index < -0.39 is 4.92 Å². The van der Waals surface area contributed by atoms with Crippen LogP contribution in [0.1, 0.15) is 39.4 Å². The molecule has 1 unspecified atom stereocenters. The van der Waals surface area contributed by atoms with Crippen LogP contribution in [0.15, 0.2) is 59.1 Å². The van der Waals surface area contributed by atoms with E-state index in [1.54, 1.807) is 25.4 Å². The molecule has 214 valence electrons. The molecule has 4 heterocycles. The molecular weight excluding hydrogens is 558 g/mol. The molecule has 0 fully saturated rings. The lowest BCUT2D eigenvalue weighted by atomic mass is 9.82. The second kappa shape index (κ2) is 11.0. The van der Waals surface area contributed by atoms with Crippen molar-refractivity contribution in [2.24, 2.45) is 5.10 Å². The van der Waals surface area contributed by atoms with Gasteiger partial charge in [0.2, 0.25) is 11.9 Å². The number of nitrogens with zero attached hydrogens (tertiary/aromatic N) is 4. The van der Waals surface area contributed by atoms with Gasteiger partial charge >= 0.3 is 0 Å². The molecule has 0 saturated heterocycles. The molecule has 1 N–H and O–H groups in total. The summed E-state index contributed by atoms with van der Waals surface area (Å²) in [6.07, 6.45) is 5.19. The van der Waals surface area contributed by atoms with Gasteiger partial charge in [-0.1, -0.05) is 0 Å². The molecule has 3 aliphatic heterocycles. The summed E-state index contributed by atoms with van der Waals surface area (Å²) in [6, 6.07) is 12.8. The maximum absolute atomic E-state index is 11.1. The van der Waals surface area contributed by atoms with Gasteiger partial charge in [-0.3, -0.25) is 20.4 Å². The maximum Gasteiger partial charge on any atom is 0.269 e. The number of nitro benzene ring substituents is 1. The first kappa shape index (κ1) is 26.2. The molecular formula is C30H27N5O6S. The number of thiazole rings is 1. The van der Waals surface area contributed by atoms with Crippen molar-refractivity contribution in [3.63, 3.8) is 0 Å². The third-order valence-electron chi connectivity index (χ3n) is 7.90. The average Bonchev–Trinajstić information content (AvgIpc) is 3.70. The lowest BCUT2D eigenvalue weighted by Gasteiger charge is -2.42. The minimum atomic E-state index is -0.408. The van der Waals surface area contributed by atoms with E-state index in [9.17, 15) is 10.1 Å². The number of nitrogens with one attached hydrogen (secondary N) is 1. The number of methoxy groups -OCH3 is 1. The molecule has 7 rings (SSSR count). The zero-order chi connectivity index (χ0) is 28.6. The van der Waals surface area contributed by atoms with E-state index in [-0.39, 0.29) is 25.1 Å². The van der Waals surface area contributed by atoms with E-state index in [1.165, 1.54) is 34.6 Å². The Morgan fingerprint density at radius 3 is 2.81 bits per heavy atom. The Kier molecular flexibility index (Phi) is 6.84. The third kappa shape index (κ3) is 4.88. The Morgan fingerprint density at radius 2 is 2.05 bits per heavy atom. The lowest BCUT2D eigenvalue weighted by Crippen LogP contribution is -2.40. The van der Waals surface area contributed by atoms with Crippen molar-refractivity contribution in [2.75, 3.05) is 25.9 Å². The summed E-state index contributed by atoms with van der Waals surface area (Å²) in [6.45, 7) is 2.05. The molecule has 3 aliphatic rings. The number of ether oxygens (including phenoxy) is 4. The number of aromatic nitrogens is 1. The Hall–Kier alpha value is -4.68. The van der Waals surface area contributed by atoms with E-state index in [0.717, 1.165) is 53.1 Å².